The van der Waals surface area contributed by atoms with E-state index in [-0.39, 0.29) is 43.0 Å². The first-order valence-electron chi connectivity index (χ1n) is 14.6. The van der Waals surface area contributed by atoms with Crippen LogP contribution in [0.25, 0.3) is 0 Å². The molecule has 0 radical (unpaired) electrons. The van der Waals surface area contributed by atoms with Crippen LogP contribution in [0.3, 0.4) is 0 Å². The fraction of sp³-hybridized carbons (Fsp3) is 0.531. The van der Waals surface area contributed by atoms with Crippen molar-refractivity contribution in [2.75, 3.05) is 6.61 Å². The quantitative estimate of drug-likeness (QED) is 0.211. The summed E-state index contributed by atoms with van der Waals surface area (Å²) >= 11 is 0. The smallest absolute Gasteiger partial charge is 0.408 e. The molecule has 0 bridgehead atoms. The molecule has 224 valence electrons. The van der Waals surface area contributed by atoms with E-state index in [0.29, 0.717) is 12.8 Å². The zero-order valence-electron chi connectivity index (χ0n) is 24.3. The van der Waals surface area contributed by atoms with Gasteiger partial charge >= 0.3 is 6.09 Å². The van der Waals surface area contributed by atoms with Crippen LogP contribution in [-0.2, 0) is 27.4 Å². The Morgan fingerprint density at radius 3 is 2.20 bits per heavy atom. The van der Waals surface area contributed by atoms with Crippen LogP contribution in [0.2, 0.25) is 0 Å². The molecule has 3 rings (SSSR count). The molecule has 0 aromatic heterocycles. The summed E-state index contributed by atoms with van der Waals surface area (Å²) in [6, 6.07) is 18.3. The van der Waals surface area contributed by atoms with E-state index >= 15 is 0 Å². The number of ether oxygens (including phenoxy) is 1. The molecule has 41 heavy (non-hydrogen) atoms. The van der Waals surface area contributed by atoms with Gasteiger partial charge in [-0.15, -0.1) is 0 Å². The van der Waals surface area contributed by atoms with Gasteiger partial charge in [-0.3, -0.25) is 9.59 Å². The SMILES string of the molecule is CC[C@H](C)[C@H](CO)[C@@H](O)C(=O)N[C@H]1C[C@H]1C[C@@H](CCc1ccccc1)NC(=O)[C@H](C)NC(=O)OCc1ccccc1. The number of carbonyl (C=O) groups is 3. The molecule has 0 unspecified atom stereocenters. The van der Waals surface area contributed by atoms with E-state index in [2.05, 4.69) is 16.0 Å². The van der Waals surface area contributed by atoms with Gasteiger partial charge in [-0.05, 0) is 55.6 Å². The van der Waals surface area contributed by atoms with Crippen molar-refractivity contribution in [3.05, 3.63) is 71.8 Å². The molecule has 9 heteroatoms. The minimum atomic E-state index is -1.27. The van der Waals surface area contributed by atoms with Crippen LogP contribution in [0.5, 0.6) is 0 Å². The summed E-state index contributed by atoms with van der Waals surface area (Å²) in [6.07, 6.45) is 1.69. The highest BCUT2D eigenvalue weighted by Crippen LogP contribution is 2.36. The molecule has 0 spiro atoms. The van der Waals surface area contributed by atoms with Crippen LogP contribution in [0.4, 0.5) is 4.79 Å². The molecule has 7 atom stereocenters. The fourth-order valence-corrected chi connectivity index (χ4v) is 4.97. The summed E-state index contributed by atoms with van der Waals surface area (Å²) < 4.78 is 5.24. The molecular formula is C32H45N3O6. The Hall–Kier alpha value is -3.43. The molecule has 3 amide bonds. The number of hydrogen-bond donors (Lipinski definition) is 5. The van der Waals surface area contributed by atoms with E-state index in [0.717, 1.165) is 30.4 Å². The predicted molar refractivity (Wildman–Crippen MR) is 157 cm³/mol. The fourth-order valence-electron chi connectivity index (χ4n) is 4.97. The Morgan fingerprint density at radius 1 is 0.951 bits per heavy atom. The van der Waals surface area contributed by atoms with Crippen LogP contribution in [0.1, 0.15) is 57.6 Å². The molecule has 0 heterocycles. The molecule has 0 aliphatic heterocycles. The molecule has 2 aromatic carbocycles. The van der Waals surface area contributed by atoms with Gasteiger partial charge in [0.25, 0.3) is 0 Å². The van der Waals surface area contributed by atoms with Crippen molar-refractivity contribution in [1.29, 1.82) is 0 Å². The number of amides is 3. The van der Waals surface area contributed by atoms with E-state index in [1.54, 1.807) is 6.92 Å². The number of hydrogen-bond acceptors (Lipinski definition) is 6. The van der Waals surface area contributed by atoms with Crippen LogP contribution in [0.15, 0.2) is 60.7 Å². The Kier molecular flexibility index (Phi) is 12.6. The number of benzene rings is 2. The van der Waals surface area contributed by atoms with Crippen molar-refractivity contribution in [1.82, 2.24) is 16.0 Å². The maximum Gasteiger partial charge on any atom is 0.408 e. The van der Waals surface area contributed by atoms with Crippen LogP contribution in [-0.4, -0.2) is 59.0 Å². The Labute approximate surface area is 243 Å². The summed E-state index contributed by atoms with van der Waals surface area (Å²) in [5, 5.41) is 28.8. The number of carbonyl (C=O) groups excluding carboxylic acids is 3. The van der Waals surface area contributed by atoms with Gasteiger partial charge < -0.3 is 30.9 Å². The molecule has 0 saturated heterocycles. The van der Waals surface area contributed by atoms with Gasteiger partial charge in [-0.1, -0.05) is 80.9 Å². The minimum absolute atomic E-state index is 0.0135. The van der Waals surface area contributed by atoms with Crippen LogP contribution >= 0.6 is 0 Å². The standard InChI is InChI=1S/C32H45N3O6/c1-4-21(2)27(19-36)29(37)31(39)35-28-18-25(28)17-26(16-15-23-11-7-5-8-12-23)34-30(38)22(3)33-32(40)41-20-24-13-9-6-10-14-24/h5-14,21-22,25-29,36-37H,4,15-20H2,1-3H3,(H,33,40)(H,34,38)(H,35,39)/t21-,22-,25+,26+,27-,28-,29+/m0/s1. The maximum atomic E-state index is 13.0. The number of alkyl carbamates (subject to hydrolysis) is 1. The second kappa shape index (κ2) is 16.1. The van der Waals surface area contributed by atoms with Gasteiger partial charge in [0, 0.05) is 24.6 Å². The molecule has 5 N–H and O–H groups in total. The van der Waals surface area contributed by atoms with E-state index in [4.69, 9.17) is 4.74 Å². The van der Waals surface area contributed by atoms with Crippen molar-refractivity contribution in [3.8, 4) is 0 Å². The normalized spacial score (nSPS) is 19.6. The summed E-state index contributed by atoms with van der Waals surface area (Å²) in [5.74, 6) is -1.12. The highest BCUT2D eigenvalue weighted by molar-refractivity contribution is 5.85. The number of aryl methyl sites for hydroxylation is 1. The van der Waals surface area contributed by atoms with Gasteiger partial charge in [0.1, 0.15) is 18.8 Å². The first-order chi connectivity index (χ1) is 19.7. The van der Waals surface area contributed by atoms with Gasteiger partial charge in [0.2, 0.25) is 11.8 Å². The van der Waals surface area contributed by atoms with Gasteiger partial charge in [-0.25, -0.2) is 4.79 Å². The first kappa shape index (κ1) is 32.1. The summed E-state index contributed by atoms with van der Waals surface area (Å²) in [6.45, 7) is 5.35. The van der Waals surface area contributed by atoms with Crippen molar-refractivity contribution in [2.24, 2.45) is 17.8 Å². The number of nitrogens with one attached hydrogen (secondary N) is 3. The third-order valence-corrected chi connectivity index (χ3v) is 8.01. The monoisotopic (exact) mass is 567 g/mol. The highest BCUT2D eigenvalue weighted by Gasteiger charge is 2.42. The van der Waals surface area contributed by atoms with Crippen LogP contribution < -0.4 is 16.0 Å². The van der Waals surface area contributed by atoms with E-state index in [1.165, 1.54) is 0 Å². The lowest BCUT2D eigenvalue weighted by atomic mass is 9.87. The van der Waals surface area contributed by atoms with Crippen LogP contribution in [0, 0.1) is 17.8 Å². The van der Waals surface area contributed by atoms with Gasteiger partial charge in [0.05, 0.1) is 0 Å². The maximum absolute atomic E-state index is 13.0. The molecular weight excluding hydrogens is 522 g/mol. The topological polar surface area (TPSA) is 137 Å². The third kappa shape index (κ3) is 10.5. The summed E-state index contributed by atoms with van der Waals surface area (Å²) in [5.41, 5.74) is 2.01. The Morgan fingerprint density at radius 2 is 1.59 bits per heavy atom. The van der Waals surface area contributed by atoms with E-state index in [1.807, 2.05) is 74.5 Å². The molecule has 2 aromatic rings. The zero-order valence-corrected chi connectivity index (χ0v) is 24.3. The van der Waals surface area contributed by atoms with Crippen molar-refractivity contribution >= 4 is 17.9 Å². The van der Waals surface area contributed by atoms with Gasteiger partial charge in [0.15, 0.2) is 0 Å². The lowest BCUT2D eigenvalue weighted by Crippen LogP contribution is -2.48. The largest absolute Gasteiger partial charge is 0.445 e. The van der Waals surface area contributed by atoms with Crippen molar-refractivity contribution in [3.63, 3.8) is 0 Å². The number of rotatable bonds is 16. The van der Waals surface area contributed by atoms with Crippen molar-refractivity contribution in [2.45, 2.75) is 83.7 Å². The number of aliphatic hydroxyl groups is 2. The first-order valence-corrected chi connectivity index (χ1v) is 14.6. The van der Waals surface area contributed by atoms with Gasteiger partial charge in [-0.2, -0.15) is 0 Å². The average molecular weight is 568 g/mol. The summed E-state index contributed by atoms with van der Waals surface area (Å²) in [4.78, 5) is 38.0. The van der Waals surface area contributed by atoms with Crippen molar-refractivity contribution < 1.29 is 29.3 Å². The predicted octanol–water partition coefficient (Wildman–Crippen LogP) is 3.33. The second-order valence-corrected chi connectivity index (χ2v) is 11.2. The molecule has 1 saturated carbocycles. The number of aliphatic hydroxyl groups excluding tert-OH is 2. The molecule has 1 fully saturated rings. The lowest BCUT2D eigenvalue weighted by Gasteiger charge is -2.25. The second-order valence-electron chi connectivity index (χ2n) is 11.2. The molecule has 1 aliphatic rings. The molecule has 9 nitrogen and oxygen atoms in total. The zero-order chi connectivity index (χ0) is 29.8. The Bertz CT molecular complexity index is 1100. The Balaban J connectivity index is 1.52. The molecule has 1 aliphatic carbocycles. The van der Waals surface area contributed by atoms with E-state index < -0.39 is 30.1 Å². The highest BCUT2D eigenvalue weighted by atomic mass is 16.5. The average Bonchev–Trinajstić information content (AvgIpc) is 3.72. The minimum Gasteiger partial charge on any atom is -0.445 e. The summed E-state index contributed by atoms with van der Waals surface area (Å²) in [7, 11) is 0. The van der Waals surface area contributed by atoms with E-state index in [9.17, 15) is 24.6 Å². The third-order valence-electron chi connectivity index (χ3n) is 8.01. The lowest BCUT2D eigenvalue weighted by molar-refractivity contribution is -0.134.